The highest BCUT2D eigenvalue weighted by Crippen LogP contribution is 2.19. The van der Waals surface area contributed by atoms with E-state index in [9.17, 15) is 4.79 Å². The Bertz CT molecular complexity index is 603. The summed E-state index contributed by atoms with van der Waals surface area (Å²) in [5.41, 5.74) is 0.964. The number of carbonyl (C=O) groups excluding carboxylic acids is 1. The largest absolute Gasteiger partial charge is 0.346 e. The molecule has 0 spiro atoms. The van der Waals surface area contributed by atoms with Crippen LogP contribution in [-0.2, 0) is 0 Å². The van der Waals surface area contributed by atoms with Gasteiger partial charge in [-0.15, -0.1) is 11.6 Å². The maximum Gasteiger partial charge on any atom is 0.252 e. The molecular weight excluding hydrogens is 260 g/mol. The lowest BCUT2D eigenvalue weighted by Crippen LogP contribution is -2.49. The number of hydrogen-bond donors (Lipinski definition) is 1. The Labute approximate surface area is 118 Å². The molecule has 4 heteroatoms. The fourth-order valence-electron chi connectivity index (χ4n) is 1.76. The van der Waals surface area contributed by atoms with Crippen molar-refractivity contribution in [2.45, 2.75) is 31.7 Å². The molecule has 0 saturated heterocycles. The third kappa shape index (κ3) is 2.87. The summed E-state index contributed by atoms with van der Waals surface area (Å²) in [5.74, 6) is -0.129. The van der Waals surface area contributed by atoms with Crippen molar-refractivity contribution in [2.24, 2.45) is 0 Å². The molecule has 2 aromatic rings. The number of benzene rings is 1. The lowest BCUT2D eigenvalue weighted by molar-refractivity contribution is 0.0914. The molecule has 100 valence electrons. The van der Waals surface area contributed by atoms with Crippen LogP contribution in [0.1, 0.15) is 31.1 Å². The summed E-state index contributed by atoms with van der Waals surface area (Å²) in [5, 5.41) is 3.65. The summed E-state index contributed by atoms with van der Waals surface area (Å²) in [6, 6.07) is 9.25. The molecule has 1 unspecified atom stereocenters. The van der Waals surface area contributed by atoms with Crippen molar-refractivity contribution >= 4 is 28.4 Å². The van der Waals surface area contributed by atoms with Gasteiger partial charge in [-0.2, -0.15) is 0 Å². The van der Waals surface area contributed by atoms with Gasteiger partial charge in [-0.05, 0) is 39.0 Å². The third-order valence-electron chi connectivity index (χ3n) is 3.32. The Balaban J connectivity index is 2.37. The molecule has 2 rings (SSSR count). The van der Waals surface area contributed by atoms with Gasteiger partial charge < -0.3 is 5.32 Å². The van der Waals surface area contributed by atoms with Crippen molar-refractivity contribution in [3.8, 4) is 0 Å². The topological polar surface area (TPSA) is 42.0 Å². The van der Waals surface area contributed by atoms with Gasteiger partial charge in [0, 0.05) is 17.1 Å². The summed E-state index contributed by atoms with van der Waals surface area (Å²) in [4.78, 5) is 16.6. The van der Waals surface area contributed by atoms with E-state index in [2.05, 4.69) is 10.3 Å². The molecule has 0 aliphatic carbocycles. The molecule has 1 aromatic heterocycles. The van der Waals surface area contributed by atoms with Gasteiger partial charge in [0.15, 0.2) is 0 Å². The molecule has 1 N–H and O–H groups in total. The van der Waals surface area contributed by atoms with E-state index < -0.39 is 5.54 Å². The van der Waals surface area contributed by atoms with Crippen LogP contribution in [0.4, 0.5) is 0 Å². The number of rotatable bonds is 3. The van der Waals surface area contributed by atoms with Crippen molar-refractivity contribution in [3.63, 3.8) is 0 Å². The highest BCUT2D eigenvalue weighted by atomic mass is 35.5. The number of nitrogens with one attached hydrogen (secondary N) is 1. The normalized spacial score (nSPS) is 13.3. The molecule has 19 heavy (non-hydrogen) atoms. The smallest absolute Gasteiger partial charge is 0.252 e. The summed E-state index contributed by atoms with van der Waals surface area (Å²) in [6.07, 6.45) is 1.72. The van der Waals surface area contributed by atoms with Crippen LogP contribution in [-0.4, -0.2) is 21.8 Å². The van der Waals surface area contributed by atoms with Crippen molar-refractivity contribution in [3.05, 3.63) is 42.1 Å². The van der Waals surface area contributed by atoms with Crippen LogP contribution < -0.4 is 5.32 Å². The van der Waals surface area contributed by atoms with E-state index in [4.69, 9.17) is 11.6 Å². The lowest BCUT2D eigenvalue weighted by atomic mass is 10.00. The first-order valence-electron chi connectivity index (χ1n) is 6.22. The number of amides is 1. The van der Waals surface area contributed by atoms with Gasteiger partial charge in [0.05, 0.1) is 16.4 Å². The molecule has 0 aliphatic rings. The van der Waals surface area contributed by atoms with E-state index in [0.29, 0.717) is 5.56 Å². The Morgan fingerprint density at radius 1 is 1.32 bits per heavy atom. The number of fused-ring (bicyclic) bond motifs is 1. The van der Waals surface area contributed by atoms with E-state index >= 15 is 0 Å². The van der Waals surface area contributed by atoms with Crippen LogP contribution >= 0.6 is 11.6 Å². The molecule has 3 nitrogen and oxygen atoms in total. The van der Waals surface area contributed by atoms with Gasteiger partial charge >= 0.3 is 0 Å². The highest BCUT2D eigenvalue weighted by molar-refractivity contribution is 6.21. The number of alkyl halides is 1. The number of pyridine rings is 1. The van der Waals surface area contributed by atoms with Gasteiger partial charge in [-0.1, -0.05) is 12.1 Å². The first-order valence-corrected chi connectivity index (χ1v) is 6.66. The minimum atomic E-state index is -0.469. The zero-order chi connectivity index (χ0) is 14.0. The van der Waals surface area contributed by atoms with Gasteiger partial charge in [-0.3, -0.25) is 9.78 Å². The summed E-state index contributed by atoms with van der Waals surface area (Å²) < 4.78 is 0. The Kier molecular flexibility index (Phi) is 3.76. The summed E-state index contributed by atoms with van der Waals surface area (Å²) in [6.45, 7) is 5.68. The second kappa shape index (κ2) is 5.17. The van der Waals surface area contributed by atoms with Crippen LogP contribution in [0.15, 0.2) is 36.5 Å². The monoisotopic (exact) mass is 276 g/mol. The van der Waals surface area contributed by atoms with E-state index in [1.54, 1.807) is 12.3 Å². The molecule has 0 fully saturated rings. The van der Waals surface area contributed by atoms with Crippen molar-refractivity contribution in [2.75, 3.05) is 0 Å². The molecule has 1 amide bonds. The second-order valence-electron chi connectivity index (χ2n) is 5.17. The van der Waals surface area contributed by atoms with Gasteiger partial charge in [-0.25, -0.2) is 0 Å². The van der Waals surface area contributed by atoms with E-state index in [1.807, 2.05) is 45.0 Å². The molecule has 0 radical (unpaired) electrons. The molecule has 0 aliphatic heterocycles. The quantitative estimate of drug-likeness (QED) is 0.874. The Morgan fingerprint density at radius 2 is 2.05 bits per heavy atom. The van der Waals surface area contributed by atoms with E-state index in [-0.39, 0.29) is 11.3 Å². The van der Waals surface area contributed by atoms with Crippen molar-refractivity contribution in [1.82, 2.24) is 10.3 Å². The number of hydrogen-bond acceptors (Lipinski definition) is 2. The van der Waals surface area contributed by atoms with Crippen LogP contribution in [0.5, 0.6) is 0 Å². The van der Waals surface area contributed by atoms with Crippen molar-refractivity contribution in [1.29, 1.82) is 0 Å². The molecule has 1 aromatic carbocycles. The van der Waals surface area contributed by atoms with Gasteiger partial charge in [0.25, 0.3) is 5.91 Å². The van der Waals surface area contributed by atoms with Crippen molar-refractivity contribution < 1.29 is 4.79 Å². The maximum atomic E-state index is 12.4. The molecule has 1 atom stereocenters. The predicted octanol–water partition coefficient (Wildman–Crippen LogP) is 3.37. The Morgan fingerprint density at radius 3 is 2.74 bits per heavy atom. The third-order valence-corrected chi connectivity index (χ3v) is 3.87. The van der Waals surface area contributed by atoms with Crippen LogP contribution in [0.2, 0.25) is 0 Å². The molecular formula is C15H17ClN2O. The number of nitrogens with zero attached hydrogens (tertiary/aromatic N) is 1. The SMILES string of the molecule is CC(Cl)C(C)(C)NC(=O)c1cccc2ncccc12. The van der Waals surface area contributed by atoms with Crippen LogP contribution in [0.25, 0.3) is 10.9 Å². The second-order valence-corrected chi connectivity index (χ2v) is 5.82. The average molecular weight is 277 g/mol. The van der Waals surface area contributed by atoms with Gasteiger partial charge in [0.2, 0.25) is 0 Å². The fourth-order valence-corrected chi connectivity index (χ4v) is 1.82. The molecule has 1 heterocycles. The lowest BCUT2D eigenvalue weighted by Gasteiger charge is -2.29. The standard InChI is InChI=1S/C15H17ClN2O/c1-10(16)15(2,3)18-14(19)12-6-4-8-13-11(12)7-5-9-17-13/h4-10H,1-3H3,(H,18,19). The highest BCUT2D eigenvalue weighted by Gasteiger charge is 2.27. The zero-order valence-corrected chi connectivity index (χ0v) is 12.0. The summed E-state index contributed by atoms with van der Waals surface area (Å²) >= 11 is 6.09. The number of aromatic nitrogens is 1. The number of carbonyl (C=O) groups is 1. The predicted molar refractivity (Wildman–Crippen MR) is 78.6 cm³/mol. The fraction of sp³-hybridized carbons (Fsp3) is 0.333. The van der Waals surface area contributed by atoms with Gasteiger partial charge in [0.1, 0.15) is 0 Å². The average Bonchev–Trinajstić information content (AvgIpc) is 2.37. The summed E-state index contributed by atoms with van der Waals surface area (Å²) in [7, 11) is 0. The van der Waals surface area contributed by atoms with Crippen LogP contribution in [0, 0.1) is 0 Å². The molecule has 0 bridgehead atoms. The van der Waals surface area contributed by atoms with E-state index in [0.717, 1.165) is 10.9 Å². The minimum Gasteiger partial charge on any atom is -0.346 e. The van der Waals surface area contributed by atoms with Crippen LogP contribution in [0.3, 0.4) is 0 Å². The molecule has 0 saturated carbocycles. The Hall–Kier alpha value is -1.61. The maximum absolute atomic E-state index is 12.4. The minimum absolute atomic E-state index is 0.129. The zero-order valence-electron chi connectivity index (χ0n) is 11.3. The first-order chi connectivity index (χ1) is 8.92. The van der Waals surface area contributed by atoms with E-state index in [1.165, 1.54) is 0 Å². The first kappa shape index (κ1) is 13.8. The number of halogens is 1.